The van der Waals surface area contributed by atoms with E-state index in [9.17, 15) is 4.79 Å². The summed E-state index contributed by atoms with van der Waals surface area (Å²) in [7, 11) is -3.13. The third-order valence-corrected chi connectivity index (χ3v) is 9.67. The molecular formula is C17H29NO3Si2. The summed E-state index contributed by atoms with van der Waals surface area (Å²) < 4.78 is 6.36. The molecule has 0 saturated heterocycles. The van der Waals surface area contributed by atoms with Gasteiger partial charge in [-0.25, -0.2) is 4.79 Å². The molecule has 0 spiro atoms. The Morgan fingerprint density at radius 3 is 2.48 bits per heavy atom. The molecule has 1 aromatic carbocycles. The number of hydrogen-bond donors (Lipinski definition) is 2. The summed E-state index contributed by atoms with van der Waals surface area (Å²) in [6.07, 6.45) is 2.62. The van der Waals surface area contributed by atoms with E-state index in [1.54, 1.807) is 12.1 Å². The van der Waals surface area contributed by atoms with Crippen LogP contribution in [-0.2, 0) is 10.5 Å². The van der Waals surface area contributed by atoms with E-state index < -0.39 is 22.7 Å². The van der Waals surface area contributed by atoms with Crippen molar-refractivity contribution in [2.24, 2.45) is 0 Å². The van der Waals surface area contributed by atoms with Gasteiger partial charge in [0.25, 0.3) is 0 Å². The highest BCUT2D eigenvalue weighted by Crippen LogP contribution is 2.25. The lowest BCUT2D eigenvalue weighted by Crippen LogP contribution is -2.42. The Balaban J connectivity index is 2.75. The topological polar surface area (TPSA) is 58.6 Å². The Kier molecular flexibility index (Phi) is 6.79. The quantitative estimate of drug-likeness (QED) is 0.616. The lowest BCUT2D eigenvalue weighted by molar-refractivity contribution is 0.209. The van der Waals surface area contributed by atoms with E-state index in [0.29, 0.717) is 5.69 Å². The molecule has 0 aliphatic rings. The monoisotopic (exact) mass is 351 g/mol. The molecule has 0 bridgehead atoms. The molecule has 0 fully saturated rings. The third kappa shape index (κ3) is 7.15. The van der Waals surface area contributed by atoms with Gasteiger partial charge >= 0.3 is 6.09 Å². The van der Waals surface area contributed by atoms with Crippen LogP contribution in [0.5, 0.6) is 0 Å². The largest absolute Gasteiger partial charge is 0.465 e. The summed E-state index contributed by atoms with van der Waals surface area (Å²) in [5.74, 6) is 0. The summed E-state index contributed by atoms with van der Waals surface area (Å²) in [6.45, 7) is 15.1. The number of aryl methyl sites for hydroxylation is 1. The Bertz CT molecular complexity index is 565. The third-order valence-electron chi connectivity index (χ3n) is 3.45. The van der Waals surface area contributed by atoms with E-state index in [-0.39, 0.29) is 0 Å². The van der Waals surface area contributed by atoms with Crippen molar-refractivity contribution in [3.05, 3.63) is 35.9 Å². The van der Waals surface area contributed by atoms with Crippen LogP contribution in [0.15, 0.2) is 24.8 Å². The second-order valence-corrected chi connectivity index (χ2v) is 16.4. The van der Waals surface area contributed by atoms with Gasteiger partial charge < -0.3 is 9.22 Å². The van der Waals surface area contributed by atoms with Crippen LogP contribution in [0.4, 0.5) is 10.5 Å². The van der Waals surface area contributed by atoms with Crippen LogP contribution >= 0.6 is 0 Å². The molecule has 0 aromatic heterocycles. The van der Waals surface area contributed by atoms with E-state index >= 15 is 0 Å². The minimum atomic E-state index is -1.63. The minimum Gasteiger partial charge on any atom is -0.465 e. The summed E-state index contributed by atoms with van der Waals surface area (Å²) in [5.41, 5.74) is 2.60. The van der Waals surface area contributed by atoms with Crippen molar-refractivity contribution >= 4 is 34.5 Å². The summed E-state index contributed by atoms with van der Waals surface area (Å²) in [4.78, 5) is 10.9. The average Bonchev–Trinajstić information content (AvgIpc) is 2.35. The van der Waals surface area contributed by atoms with E-state index in [0.717, 1.165) is 30.0 Å². The first-order valence-corrected chi connectivity index (χ1v) is 14.5. The van der Waals surface area contributed by atoms with Crippen LogP contribution in [0.2, 0.25) is 38.8 Å². The van der Waals surface area contributed by atoms with Gasteiger partial charge in [0.2, 0.25) is 0 Å². The molecule has 0 aliphatic carbocycles. The zero-order valence-corrected chi connectivity index (χ0v) is 16.9. The molecule has 2 N–H and O–H groups in total. The molecule has 0 atom stereocenters. The highest BCUT2D eigenvalue weighted by Gasteiger charge is 2.29. The Labute approximate surface area is 141 Å². The molecule has 0 radical (unpaired) electrons. The van der Waals surface area contributed by atoms with E-state index in [4.69, 9.17) is 9.22 Å². The van der Waals surface area contributed by atoms with Crippen LogP contribution in [0, 0.1) is 0 Å². The van der Waals surface area contributed by atoms with Crippen molar-refractivity contribution in [1.29, 1.82) is 0 Å². The van der Waals surface area contributed by atoms with Crippen LogP contribution in [0.1, 0.15) is 17.5 Å². The molecule has 1 rings (SSSR count). The molecule has 0 aliphatic heterocycles. The van der Waals surface area contributed by atoms with Crippen LogP contribution in [0.3, 0.4) is 0 Å². The van der Waals surface area contributed by atoms with Crippen LogP contribution in [-0.4, -0.2) is 27.8 Å². The number of hydrogen-bond acceptors (Lipinski definition) is 2. The molecule has 128 valence electrons. The van der Waals surface area contributed by atoms with Gasteiger partial charge in [-0.2, -0.15) is 0 Å². The zero-order chi connectivity index (χ0) is 17.7. The molecule has 23 heavy (non-hydrogen) atoms. The van der Waals surface area contributed by atoms with Gasteiger partial charge in [-0.1, -0.05) is 24.8 Å². The smallest absolute Gasteiger partial charge is 0.409 e. The SMILES string of the molecule is C=Cc1c(CCC[Si](C)(C)O[Si](C)(C)C)cccc1NC(=O)O. The van der Waals surface area contributed by atoms with Crippen molar-refractivity contribution in [3.8, 4) is 0 Å². The van der Waals surface area contributed by atoms with Gasteiger partial charge in [-0.05, 0) is 63.3 Å². The highest BCUT2D eigenvalue weighted by atomic mass is 28.4. The van der Waals surface area contributed by atoms with Gasteiger partial charge in [-0.3, -0.25) is 5.32 Å². The summed E-state index contributed by atoms with van der Waals surface area (Å²) >= 11 is 0. The van der Waals surface area contributed by atoms with Gasteiger partial charge in [0.05, 0.1) is 5.69 Å². The lowest BCUT2D eigenvalue weighted by atomic mass is 10.0. The van der Waals surface area contributed by atoms with E-state index in [1.807, 2.05) is 12.1 Å². The van der Waals surface area contributed by atoms with Gasteiger partial charge in [0.1, 0.15) is 0 Å². The first-order chi connectivity index (χ1) is 10.5. The maximum absolute atomic E-state index is 10.9. The molecule has 6 heteroatoms. The van der Waals surface area contributed by atoms with Gasteiger partial charge in [0.15, 0.2) is 16.6 Å². The van der Waals surface area contributed by atoms with Crippen molar-refractivity contribution < 1.29 is 14.0 Å². The molecule has 0 heterocycles. The van der Waals surface area contributed by atoms with Crippen molar-refractivity contribution in [1.82, 2.24) is 0 Å². The first kappa shape index (κ1) is 19.7. The fourth-order valence-corrected chi connectivity index (χ4v) is 10.9. The number of anilines is 1. The van der Waals surface area contributed by atoms with E-state index in [2.05, 4.69) is 44.6 Å². The average molecular weight is 352 g/mol. The predicted molar refractivity (Wildman–Crippen MR) is 103 cm³/mol. The van der Waals surface area contributed by atoms with Crippen LogP contribution in [0.25, 0.3) is 6.08 Å². The fourth-order valence-electron chi connectivity index (χ4n) is 2.88. The lowest BCUT2D eigenvalue weighted by Gasteiger charge is -2.31. The second kappa shape index (κ2) is 7.94. The maximum atomic E-state index is 10.9. The van der Waals surface area contributed by atoms with Crippen molar-refractivity contribution in [3.63, 3.8) is 0 Å². The standard InChI is InChI=1S/C17H29NO3Si2/c1-7-15-14(10-8-12-16(15)18-17(19)20)11-9-13-23(5,6)21-22(2,3)4/h7-8,10,12,18H,1,9,11,13H2,2-6H3,(H,19,20). The number of carboxylic acid groups (broad SMARTS) is 1. The number of rotatable bonds is 8. The van der Waals surface area contributed by atoms with Crippen molar-refractivity contribution in [2.75, 3.05) is 5.32 Å². The Morgan fingerprint density at radius 1 is 1.30 bits per heavy atom. The number of benzene rings is 1. The van der Waals surface area contributed by atoms with E-state index in [1.165, 1.54) is 0 Å². The zero-order valence-electron chi connectivity index (χ0n) is 14.9. The maximum Gasteiger partial charge on any atom is 0.409 e. The summed E-state index contributed by atoms with van der Waals surface area (Å²) in [5, 5.41) is 11.4. The number of carbonyl (C=O) groups is 1. The van der Waals surface area contributed by atoms with Crippen LogP contribution < -0.4 is 5.32 Å². The minimum absolute atomic E-state index is 0.597. The second-order valence-electron chi connectivity index (χ2n) is 7.34. The van der Waals surface area contributed by atoms with Gasteiger partial charge in [0, 0.05) is 5.56 Å². The fraction of sp³-hybridized carbons (Fsp3) is 0.471. The first-order valence-electron chi connectivity index (χ1n) is 7.98. The molecule has 4 nitrogen and oxygen atoms in total. The Morgan fingerprint density at radius 2 is 1.96 bits per heavy atom. The number of nitrogens with one attached hydrogen (secondary N) is 1. The highest BCUT2D eigenvalue weighted by molar-refractivity contribution is 6.84. The molecular weight excluding hydrogens is 322 g/mol. The van der Waals surface area contributed by atoms with Crippen molar-refractivity contribution in [2.45, 2.75) is 51.6 Å². The number of amides is 1. The predicted octanol–water partition coefficient (Wildman–Crippen LogP) is 5.41. The van der Waals surface area contributed by atoms with Gasteiger partial charge in [-0.15, -0.1) is 0 Å². The molecule has 0 unspecified atom stereocenters. The molecule has 1 aromatic rings. The molecule has 1 amide bonds. The normalized spacial score (nSPS) is 12.0. The molecule has 0 saturated carbocycles. The summed E-state index contributed by atoms with van der Waals surface area (Å²) in [6, 6.07) is 6.79. The Hall–Kier alpha value is -1.38.